The zero-order valence-electron chi connectivity index (χ0n) is 13.5. The van der Waals surface area contributed by atoms with E-state index in [2.05, 4.69) is 41.1 Å². The van der Waals surface area contributed by atoms with Crippen LogP contribution >= 0.6 is 12.2 Å². The lowest BCUT2D eigenvalue weighted by molar-refractivity contribution is 0.191. The standard InChI is InChI=1S/C18H23N3OS/c1-13-8-9-14(2)17(10-13)19-11-16(22)12-20-18(23)21-15-6-4-3-5-7-15/h3-10,16,19,22H,11-12H2,1-2H3,(H2,20,21,23)/t16-/m1/s1. The minimum atomic E-state index is -0.537. The summed E-state index contributed by atoms with van der Waals surface area (Å²) in [5.41, 5.74) is 4.33. The lowest BCUT2D eigenvalue weighted by Gasteiger charge is -2.17. The Morgan fingerprint density at radius 3 is 2.57 bits per heavy atom. The number of anilines is 2. The number of benzene rings is 2. The molecule has 1 atom stereocenters. The van der Waals surface area contributed by atoms with Crippen LogP contribution < -0.4 is 16.0 Å². The number of thiocarbonyl (C=S) groups is 1. The van der Waals surface area contributed by atoms with E-state index in [1.165, 1.54) is 5.56 Å². The molecule has 4 nitrogen and oxygen atoms in total. The van der Waals surface area contributed by atoms with Gasteiger partial charge in [-0.05, 0) is 55.4 Å². The van der Waals surface area contributed by atoms with Crippen LogP contribution in [-0.4, -0.2) is 29.4 Å². The van der Waals surface area contributed by atoms with Gasteiger partial charge in [0.15, 0.2) is 5.11 Å². The van der Waals surface area contributed by atoms with E-state index in [0.717, 1.165) is 16.9 Å². The average molecular weight is 329 g/mol. The van der Waals surface area contributed by atoms with Gasteiger partial charge in [-0.15, -0.1) is 0 Å². The monoisotopic (exact) mass is 329 g/mol. The molecule has 0 fully saturated rings. The van der Waals surface area contributed by atoms with Crippen molar-refractivity contribution in [2.45, 2.75) is 20.0 Å². The van der Waals surface area contributed by atoms with Gasteiger partial charge in [-0.1, -0.05) is 30.3 Å². The highest BCUT2D eigenvalue weighted by molar-refractivity contribution is 7.80. The number of para-hydroxylation sites is 1. The quantitative estimate of drug-likeness (QED) is 0.614. The molecule has 0 aromatic heterocycles. The lowest BCUT2D eigenvalue weighted by Crippen LogP contribution is -2.38. The minimum absolute atomic E-state index is 0.385. The van der Waals surface area contributed by atoms with E-state index in [0.29, 0.717) is 18.2 Å². The Hall–Kier alpha value is -2.11. The molecular formula is C18H23N3OS. The normalized spacial score (nSPS) is 11.6. The second-order valence-electron chi connectivity index (χ2n) is 5.55. The SMILES string of the molecule is Cc1ccc(C)c(NC[C@@H](O)CNC(=S)Nc2ccccc2)c1. The Balaban J connectivity index is 1.73. The van der Waals surface area contributed by atoms with E-state index >= 15 is 0 Å². The molecule has 0 bridgehead atoms. The van der Waals surface area contributed by atoms with Crippen LogP contribution in [0.15, 0.2) is 48.5 Å². The number of aliphatic hydroxyl groups is 1. The first-order chi connectivity index (χ1) is 11.0. The predicted octanol–water partition coefficient (Wildman–Crippen LogP) is 3.06. The molecule has 0 aliphatic rings. The summed E-state index contributed by atoms with van der Waals surface area (Å²) in [6.45, 7) is 4.95. The third kappa shape index (κ3) is 5.88. The highest BCUT2D eigenvalue weighted by Gasteiger charge is 2.06. The molecule has 4 N–H and O–H groups in total. The summed E-state index contributed by atoms with van der Waals surface area (Å²) >= 11 is 5.22. The van der Waals surface area contributed by atoms with Gasteiger partial charge in [0.2, 0.25) is 0 Å². The zero-order chi connectivity index (χ0) is 16.7. The maximum atomic E-state index is 10.1. The molecule has 2 rings (SSSR count). The van der Waals surface area contributed by atoms with Crippen molar-refractivity contribution in [1.29, 1.82) is 0 Å². The maximum absolute atomic E-state index is 10.1. The third-order valence-electron chi connectivity index (χ3n) is 3.45. The van der Waals surface area contributed by atoms with Gasteiger partial charge < -0.3 is 21.1 Å². The summed E-state index contributed by atoms with van der Waals surface area (Å²) in [5.74, 6) is 0. The van der Waals surface area contributed by atoms with Gasteiger partial charge in [0, 0.05) is 24.5 Å². The third-order valence-corrected chi connectivity index (χ3v) is 3.70. The maximum Gasteiger partial charge on any atom is 0.170 e. The Labute approximate surface area is 142 Å². The highest BCUT2D eigenvalue weighted by atomic mass is 32.1. The van der Waals surface area contributed by atoms with Crippen LogP contribution in [0.3, 0.4) is 0 Å². The molecule has 122 valence electrons. The number of aryl methyl sites for hydroxylation is 2. The van der Waals surface area contributed by atoms with Crippen molar-refractivity contribution in [2.75, 3.05) is 23.7 Å². The van der Waals surface area contributed by atoms with Crippen LogP contribution in [0.4, 0.5) is 11.4 Å². The van der Waals surface area contributed by atoms with Gasteiger partial charge in [-0.2, -0.15) is 0 Å². The molecule has 0 heterocycles. The van der Waals surface area contributed by atoms with E-state index in [1.807, 2.05) is 37.3 Å². The molecule has 2 aromatic carbocycles. The molecule has 0 saturated heterocycles. The minimum Gasteiger partial charge on any atom is -0.389 e. The Morgan fingerprint density at radius 1 is 1.09 bits per heavy atom. The molecule has 5 heteroatoms. The van der Waals surface area contributed by atoms with Gasteiger partial charge in [0.1, 0.15) is 0 Å². The Morgan fingerprint density at radius 2 is 1.83 bits per heavy atom. The molecule has 23 heavy (non-hydrogen) atoms. The first-order valence-electron chi connectivity index (χ1n) is 7.63. The number of nitrogens with one attached hydrogen (secondary N) is 3. The van der Waals surface area contributed by atoms with Crippen molar-refractivity contribution in [1.82, 2.24) is 5.32 Å². The number of hydrogen-bond acceptors (Lipinski definition) is 3. The molecule has 0 spiro atoms. The van der Waals surface area contributed by atoms with Gasteiger partial charge in [-0.25, -0.2) is 0 Å². The number of rotatable bonds is 6. The first kappa shape index (κ1) is 17.2. The summed E-state index contributed by atoms with van der Waals surface area (Å²) in [6.07, 6.45) is -0.537. The van der Waals surface area contributed by atoms with Crippen LogP contribution in [0.2, 0.25) is 0 Å². The Kier molecular flexibility index (Phi) is 6.38. The molecule has 0 aliphatic carbocycles. The fourth-order valence-corrected chi connectivity index (χ4v) is 2.33. The molecule has 0 radical (unpaired) electrons. The predicted molar refractivity (Wildman–Crippen MR) is 101 cm³/mol. The van der Waals surface area contributed by atoms with Crippen molar-refractivity contribution >= 4 is 28.7 Å². The van der Waals surface area contributed by atoms with Gasteiger partial charge in [0.05, 0.1) is 6.10 Å². The fraction of sp³-hybridized carbons (Fsp3) is 0.278. The van der Waals surface area contributed by atoms with E-state index in [9.17, 15) is 5.11 Å². The second kappa shape index (κ2) is 8.50. The van der Waals surface area contributed by atoms with Crippen LogP contribution in [0.5, 0.6) is 0 Å². The van der Waals surface area contributed by atoms with Crippen molar-refractivity contribution in [2.24, 2.45) is 0 Å². The molecule has 0 saturated carbocycles. The Bertz CT molecular complexity index is 646. The summed E-state index contributed by atoms with van der Waals surface area (Å²) < 4.78 is 0. The highest BCUT2D eigenvalue weighted by Crippen LogP contribution is 2.16. The van der Waals surface area contributed by atoms with Crippen LogP contribution in [-0.2, 0) is 0 Å². The zero-order valence-corrected chi connectivity index (χ0v) is 14.3. The van der Waals surface area contributed by atoms with Crippen LogP contribution in [0.25, 0.3) is 0 Å². The van der Waals surface area contributed by atoms with Gasteiger partial charge in [-0.3, -0.25) is 0 Å². The average Bonchev–Trinajstić information content (AvgIpc) is 2.54. The number of aliphatic hydroxyl groups excluding tert-OH is 1. The number of hydrogen-bond donors (Lipinski definition) is 4. The second-order valence-corrected chi connectivity index (χ2v) is 5.96. The summed E-state index contributed by atoms with van der Waals surface area (Å²) in [6, 6.07) is 15.9. The van der Waals surface area contributed by atoms with Crippen molar-refractivity contribution < 1.29 is 5.11 Å². The first-order valence-corrected chi connectivity index (χ1v) is 8.04. The summed E-state index contributed by atoms with van der Waals surface area (Å²) in [4.78, 5) is 0. The summed E-state index contributed by atoms with van der Waals surface area (Å²) in [7, 11) is 0. The van der Waals surface area contributed by atoms with Crippen molar-refractivity contribution in [3.05, 3.63) is 59.7 Å². The molecular weight excluding hydrogens is 306 g/mol. The van der Waals surface area contributed by atoms with E-state index in [-0.39, 0.29) is 0 Å². The van der Waals surface area contributed by atoms with Crippen LogP contribution in [0, 0.1) is 13.8 Å². The molecule has 0 amide bonds. The largest absolute Gasteiger partial charge is 0.389 e. The summed E-state index contributed by atoms with van der Waals surface area (Å²) in [5, 5.41) is 19.9. The molecule has 0 aliphatic heterocycles. The smallest absolute Gasteiger partial charge is 0.170 e. The van der Waals surface area contributed by atoms with Crippen molar-refractivity contribution in [3.8, 4) is 0 Å². The van der Waals surface area contributed by atoms with E-state index in [1.54, 1.807) is 0 Å². The lowest BCUT2D eigenvalue weighted by atomic mass is 10.1. The topological polar surface area (TPSA) is 56.3 Å². The molecule has 0 unspecified atom stereocenters. The van der Waals surface area contributed by atoms with E-state index in [4.69, 9.17) is 12.2 Å². The van der Waals surface area contributed by atoms with Gasteiger partial charge in [0.25, 0.3) is 0 Å². The van der Waals surface area contributed by atoms with Crippen LogP contribution in [0.1, 0.15) is 11.1 Å². The fourth-order valence-electron chi connectivity index (χ4n) is 2.13. The van der Waals surface area contributed by atoms with E-state index < -0.39 is 6.10 Å². The van der Waals surface area contributed by atoms with Gasteiger partial charge >= 0.3 is 0 Å². The molecule has 2 aromatic rings. The van der Waals surface area contributed by atoms with Crippen molar-refractivity contribution in [3.63, 3.8) is 0 Å².